The van der Waals surface area contributed by atoms with Crippen molar-refractivity contribution in [1.82, 2.24) is 15.5 Å². The second-order valence-corrected chi connectivity index (χ2v) is 8.17. The molecule has 1 amide bonds. The summed E-state index contributed by atoms with van der Waals surface area (Å²) in [6.07, 6.45) is 3.44. The quantitative estimate of drug-likeness (QED) is 0.771. The van der Waals surface area contributed by atoms with E-state index in [1.807, 2.05) is 0 Å². The van der Waals surface area contributed by atoms with Gasteiger partial charge >= 0.3 is 0 Å². The van der Waals surface area contributed by atoms with Gasteiger partial charge in [0.15, 0.2) is 0 Å². The van der Waals surface area contributed by atoms with E-state index in [1.54, 1.807) is 0 Å². The minimum absolute atomic E-state index is 0. The van der Waals surface area contributed by atoms with Crippen LogP contribution in [0.4, 0.5) is 0 Å². The van der Waals surface area contributed by atoms with Crippen LogP contribution in [0.5, 0.6) is 0 Å². The first kappa shape index (κ1) is 24.2. The normalized spacial score (nSPS) is 25.8. The minimum Gasteiger partial charge on any atom is -0.352 e. The summed E-state index contributed by atoms with van der Waals surface area (Å²) < 4.78 is 0. The largest absolute Gasteiger partial charge is 0.352 e. The highest BCUT2D eigenvalue weighted by Gasteiger charge is 2.23. The third-order valence-electron chi connectivity index (χ3n) is 5.58. The van der Waals surface area contributed by atoms with Gasteiger partial charge in [-0.05, 0) is 48.8 Å². The molecule has 2 heterocycles. The molecule has 2 N–H and O–H groups in total. The zero-order chi connectivity index (χ0) is 17.6. The number of rotatable bonds is 5. The van der Waals surface area contributed by atoms with Gasteiger partial charge in [0.1, 0.15) is 0 Å². The molecule has 3 unspecified atom stereocenters. The molecule has 0 radical (unpaired) electrons. The van der Waals surface area contributed by atoms with Crippen LogP contribution in [0.25, 0.3) is 0 Å². The Morgan fingerprint density at radius 1 is 1.15 bits per heavy atom. The van der Waals surface area contributed by atoms with Crippen molar-refractivity contribution in [3.05, 3.63) is 35.4 Å². The van der Waals surface area contributed by atoms with Crippen LogP contribution in [0.15, 0.2) is 24.3 Å². The Morgan fingerprint density at radius 2 is 1.81 bits per heavy atom. The molecular weight excluding hydrogens is 381 g/mol. The van der Waals surface area contributed by atoms with Gasteiger partial charge < -0.3 is 10.6 Å². The van der Waals surface area contributed by atoms with E-state index in [9.17, 15) is 4.79 Å². The Balaban J connectivity index is 0.00000182. The number of benzene rings is 1. The fourth-order valence-corrected chi connectivity index (χ4v) is 4.45. The van der Waals surface area contributed by atoms with Crippen LogP contribution in [-0.4, -0.2) is 37.0 Å². The van der Waals surface area contributed by atoms with Crippen LogP contribution in [0, 0.1) is 17.8 Å². The van der Waals surface area contributed by atoms with E-state index < -0.39 is 0 Å². The molecule has 2 aliphatic heterocycles. The van der Waals surface area contributed by atoms with Crippen molar-refractivity contribution in [1.29, 1.82) is 0 Å². The maximum atomic E-state index is 12.4. The summed E-state index contributed by atoms with van der Waals surface area (Å²) in [4.78, 5) is 15.0. The molecule has 2 saturated heterocycles. The highest BCUT2D eigenvalue weighted by Crippen LogP contribution is 2.23. The lowest BCUT2D eigenvalue weighted by Gasteiger charge is -2.35. The number of nitrogens with one attached hydrogen (secondary N) is 2. The van der Waals surface area contributed by atoms with E-state index in [-0.39, 0.29) is 36.6 Å². The summed E-state index contributed by atoms with van der Waals surface area (Å²) in [7, 11) is 0. The van der Waals surface area contributed by atoms with Crippen LogP contribution < -0.4 is 10.6 Å². The number of likely N-dealkylation sites (tertiary alicyclic amines) is 1. The molecular formula is C21H35Cl2N3O. The first-order valence-electron chi connectivity index (χ1n) is 9.89. The van der Waals surface area contributed by atoms with Gasteiger partial charge in [-0.1, -0.05) is 38.1 Å². The summed E-state index contributed by atoms with van der Waals surface area (Å²) in [5, 5.41) is 6.49. The molecule has 0 aromatic heterocycles. The molecule has 0 bridgehead atoms. The number of carbonyl (C=O) groups is 1. The van der Waals surface area contributed by atoms with E-state index in [0.717, 1.165) is 44.3 Å². The van der Waals surface area contributed by atoms with E-state index >= 15 is 0 Å². The highest BCUT2D eigenvalue weighted by molar-refractivity contribution is 5.85. The SMILES string of the molecule is CC1CC(C)CN(Cc2ccccc2CNC(=O)C2CCCNC2)C1.Cl.Cl. The Morgan fingerprint density at radius 3 is 2.44 bits per heavy atom. The topological polar surface area (TPSA) is 44.4 Å². The molecule has 3 rings (SSSR count). The van der Waals surface area contributed by atoms with Crippen LogP contribution in [-0.2, 0) is 17.9 Å². The van der Waals surface area contributed by atoms with Gasteiger partial charge in [0.2, 0.25) is 5.91 Å². The Labute approximate surface area is 176 Å². The number of piperidine rings is 2. The lowest BCUT2D eigenvalue weighted by atomic mass is 9.91. The van der Waals surface area contributed by atoms with Gasteiger partial charge in [-0.25, -0.2) is 0 Å². The Bertz CT molecular complexity index is 568. The standard InChI is InChI=1S/C21H33N3O.2ClH/c1-16-10-17(2)14-24(13-16)15-20-7-4-3-6-18(20)12-23-21(25)19-8-5-9-22-11-19;;/h3-4,6-7,16-17,19,22H,5,8-15H2,1-2H3,(H,23,25);2*1H. The summed E-state index contributed by atoms with van der Waals surface area (Å²) in [6, 6.07) is 8.57. The minimum atomic E-state index is 0. The van der Waals surface area contributed by atoms with Crippen LogP contribution in [0.2, 0.25) is 0 Å². The van der Waals surface area contributed by atoms with Crippen molar-refractivity contribution in [2.24, 2.45) is 17.8 Å². The molecule has 0 saturated carbocycles. The lowest BCUT2D eigenvalue weighted by molar-refractivity contribution is -0.125. The molecule has 0 aliphatic carbocycles. The van der Waals surface area contributed by atoms with Crippen molar-refractivity contribution in [3.63, 3.8) is 0 Å². The van der Waals surface area contributed by atoms with Crippen molar-refractivity contribution in [3.8, 4) is 0 Å². The maximum Gasteiger partial charge on any atom is 0.224 e. The van der Waals surface area contributed by atoms with E-state index in [2.05, 4.69) is 53.6 Å². The number of amides is 1. The molecule has 2 aliphatic rings. The van der Waals surface area contributed by atoms with Crippen molar-refractivity contribution in [2.45, 2.75) is 46.2 Å². The van der Waals surface area contributed by atoms with Crippen molar-refractivity contribution in [2.75, 3.05) is 26.2 Å². The second kappa shape index (κ2) is 11.9. The van der Waals surface area contributed by atoms with E-state index in [4.69, 9.17) is 0 Å². The monoisotopic (exact) mass is 415 g/mol. The van der Waals surface area contributed by atoms with Crippen molar-refractivity contribution < 1.29 is 4.79 Å². The third kappa shape index (κ3) is 7.26. The van der Waals surface area contributed by atoms with Gasteiger partial charge in [0.25, 0.3) is 0 Å². The van der Waals surface area contributed by atoms with Gasteiger partial charge in [-0.2, -0.15) is 0 Å². The molecule has 27 heavy (non-hydrogen) atoms. The fourth-order valence-electron chi connectivity index (χ4n) is 4.45. The molecule has 154 valence electrons. The molecule has 2 fully saturated rings. The van der Waals surface area contributed by atoms with E-state index in [0.29, 0.717) is 6.54 Å². The molecule has 1 aromatic rings. The average Bonchev–Trinajstić information content (AvgIpc) is 2.60. The van der Waals surface area contributed by atoms with Crippen LogP contribution in [0.1, 0.15) is 44.2 Å². The maximum absolute atomic E-state index is 12.4. The van der Waals surface area contributed by atoms with Crippen molar-refractivity contribution >= 4 is 30.7 Å². The van der Waals surface area contributed by atoms with Crippen LogP contribution in [0.3, 0.4) is 0 Å². The number of carbonyl (C=O) groups excluding carboxylic acids is 1. The lowest BCUT2D eigenvalue weighted by Crippen LogP contribution is -2.40. The van der Waals surface area contributed by atoms with Gasteiger partial charge in [-0.15, -0.1) is 24.8 Å². The molecule has 0 spiro atoms. The average molecular weight is 416 g/mol. The predicted molar refractivity (Wildman–Crippen MR) is 117 cm³/mol. The fraction of sp³-hybridized carbons (Fsp3) is 0.667. The summed E-state index contributed by atoms with van der Waals surface area (Å²) in [5.74, 6) is 1.87. The Kier molecular flexibility index (Phi) is 10.7. The van der Waals surface area contributed by atoms with Gasteiger partial charge in [-0.3, -0.25) is 9.69 Å². The number of hydrogen-bond donors (Lipinski definition) is 2. The first-order chi connectivity index (χ1) is 12.1. The summed E-state index contributed by atoms with van der Waals surface area (Å²) in [6.45, 7) is 10.6. The van der Waals surface area contributed by atoms with Gasteiger partial charge in [0, 0.05) is 32.7 Å². The number of hydrogen-bond acceptors (Lipinski definition) is 3. The Hall–Kier alpha value is -0.810. The molecule has 4 nitrogen and oxygen atoms in total. The number of halogens is 2. The summed E-state index contributed by atoms with van der Waals surface area (Å²) in [5.41, 5.74) is 2.61. The first-order valence-corrected chi connectivity index (χ1v) is 9.89. The van der Waals surface area contributed by atoms with Gasteiger partial charge in [0.05, 0.1) is 5.92 Å². The second-order valence-electron chi connectivity index (χ2n) is 8.17. The molecule has 6 heteroatoms. The zero-order valence-corrected chi connectivity index (χ0v) is 18.2. The van der Waals surface area contributed by atoms with E-state index in [1.165, 1.54) is 30.6 Å². The molecule has 1 aromatic carbocycles. The van der Waals surface area contributed by atoms with Crippen LogP contribution >= 0.6 is 24.8 Å². The zero-order valence-electron chi connectivity index (χ0n) is 16.6. The number of nitrogens with zero attached hydrogens (tertiary/aromatic N) is 1. The third-order valence-corrected chi connectivity index (χ3v) is 5.58. The molecule has 3 atom stereocenters. The summed E-state index contributed by atoms with van der Waals surface area (Å²) >= 11 is 0. The predicted octanol–water partition coefficient (Wildman–Crippen LogP) is 3.62. The highest BCUT2D eigenvalue weighted by atomic mass is 35.5. The smallest absolute Gasteiger partial charge is 0.224 e.